The largest absolute Gasteiger partial charge is 0.381 e. The summed E-state index contributed by atoms with van der Waals surface area (Å²) in [5.41, 5.74) is 1.33. The van der Waals surface area contributed by atoms with Crippen LogP contribution in [0.3, 0.4) is 0 Å². The van der Waals surface area contributed by atoms with Crippen molar-refractivity contribution < 1.29 is 4.74 Å². The average molecular weight is 298 g/mol. The van der Waals surface area contributed by atoms with Gasteiger partial charge in [0.15, 0.2) is 0 Å². The van der Waals surface area contributed by atoms with Gasteiger partial charge >= 0.3 is 0 Å². The first-order valence-corrected chi connectivity index (χ1v) is 7.08. The highest BCUT2D eigenvalue weighted by atomic mass is 79.9. The van der Waals surface area contributed by atoms with Gasteiger partial charge in [-0.05, 0) is 37.3 Å². The van der Waals surface area contributed by atoms with Gasteiger partial charge in [-0.1, -0.05) is 34.1 Å². The molecule has 94 valence electrons. The van der Waals surface area contributed by atoms with Crippen molar-refractivity contribution in [2.75, 3.05) is 7.11 Å². The van der Waals surface area contributed by atoms with Crippen molar-refractivity contribution in [2.24, 2.45) is 0 Å². The molecule has 17 heavy (non-hydrogen) atoms. The summed E-state index contributed by atoms with van der Waals surface area (Å²) < 4.78 is 6.63. The summed E-state index contributed by atoms with van der Waals surface area (Å²) in [6.07, 6.45) is 5.33. The molecule has 1 saturated carbocycles. The Kier molecular flexibility index (Phi) is 5.01. The molecule has 1 aromatic rings. The predicted molar refractivity (Wildman–Crippen MR) is 74.0 cm³/mol. The van der Waals surface area contributed by atoms with Gasteiger partial charge in [-0.25, -0.2) is 0 Å². The number of hydrogen-bond acceptors (Lipinski definition) is 2. The Hall–Kier alpha value is -0.380. The predicted octanol–water partition coefficient (Wildman–Crippen LogP) is 3.50. The van der Waals surface area contributed by atoms with Crippen LogP contribution < -0.4 is 5.32 Å². The molecule has 1 aromatic carbocycles. The van der Waals surface area contributed by atoms with Crippen LogP contribution in [0.4, 0.5) is 0 Å². The fourth-order valence-electron chi connectivity index (χ4n) is 2.44. The highest BCUT2D eigenvalue weighted by Crippen LogP contribution is 2.22. The van der Waals surface area contributed by atoms with E-state index in [0.29, 0.717) is 12.1 Å². The average Bonchev–Trinajstić information content (AvgIpc) is 2.38. The Labute approximate surface area is 112 Å². The lowest BCUT2D eigenvalue weighted by atomic mass is 9.92. The second-order valence-corrected chi connectivity index (χ2v) is 5.55. The lowest BCUT2D eigenvalue weighted by molar-refractivity contribution is 0.0586. The number of benzene rings is 1. The molecule has 2 unspecified atom stereocenters. The summed E-state index contributed by atoms with van der Waals surface area (Å²) in [6, 6.07) is 8.99. The van der Waals surface area contributed by atoms with E-state index in [-0.39, 0.29) is 0 Å². The molecule has 0 bridgehead atoms. The second kappa shape index (κ2) is 6.53. The zero-order valence-electron chi connectivity index (χ0n) is 10.3. The first kappa shape index (κ1) is 13.1. The lowest BCUT2D eigenvalue weighted by Gasteiger charge is -2.29. The molecule has 0 aliphatic heterocycles. The SMILES string of the molecule is COC1CCCC(NCc2ccccc2Br)C1. The van der Waals surface area contributed by atoms with Gasteiger partial charge in [0.25, 0.3) is 0 Å². The Balaban J connectivity index is 1.84. The van der Waals surface area contributed by atoms with Crippen molar-refractivity contribution in [3.63, 3.8) is 0 Å². The topological polar surface area (TPSA) is 21.3 Å². The maximum Gasteiger partial charge on any atom is 0.0586 e. The number of rotatable bonds is 4. The molecule has 0 radical (unpaired) electrons. The summed E-state index contributed by atoms with van der Waals surface area (Å²) in [6.45, 7) is 0.933. The first-order valence-electron chi connectivity index (χ1n) is 6.29. The van der Waals surface area contributed by atoms with Crippen molar-refractivity contribution >= 4 is 15.9 Å². The van der Waals surface area contributed by atoms with Crippen LogP contribution in [0, 0.1) is 0 Å². The van der Waals surface area contributed by atoms with E-state index in [2.05, 4.69) is 45.5 Å². The molecule has 1 N–H and O–H groups in total. The summed E-state index contributed by atoms with van der Waals surface area (Å²) in [5, 5.41) is 3.63. The van der Waals surface area contributed by atoms with Crippen molar-refractivity contribution in [1.82, 2.24) is 5.32 Å². The van der Waals surface area contributed by atoms with Gasteiger partial charge in [-0.2, -0.15) is 0 Å². The van der Waals surface area contributed by atoms with E-state index >= 15 is 0 Å². The van der Waals surface area contributed by atoms with Crippen molar-refractivity contribution in [3.05, 3.63) is 34.3 Å². The summed E-state index contributed by atoms with van der Waals surface area (Å²) in [5.74, 6) is 0. The number of methoxy groups -OCH3 is 1. The molecule has 0 aromatic heterocycles. The Morgan fingerprint density at radius 3 is 2.94 bits per heavy atom. The standard InChI is InChI=1S/C14H20BrNO/c1-17-13-7-4-6-12(9-13)16-10-11-5-2-3-8-14(11)15/h2-3,5,8,12-13,16H,4,6-7,9-10H2,1H3. The molecule has 1 fully saturated rings. The minimum atomic E-state index is 0.445. The third kappa shape index (κ3) is 3.80. The fourth-order valence-corrected chi connectivity index (χ4v) is 2.87. The van der Waals surface area contributed by atoms with Gasteiger partial charge in [0.1, 0.15) is 0 Å². The Bertz CT molecular complexity index is 356. The summed E-state index contributed by atoms with van der Waals surface area (Å²) in [4.78, 5) is 0. The van der Waals surface area contributed by atoms with E-state index in [1.165, 1.54) is 29.3 Å². The van der Waals surface area contributed by atoms with E-state index in [0.717, 1.165) is 13.0 Å². The van der Waals surface area contributed by atoms with Crippen LogP contribution in [0.2, 0.25) is 0 Å². The van der Waals surface area contributed by atoms with Gasteiger partial charge in [-0.15, -0.1) is 0 Å². The zero-order chi connectivity index (χ0) is 12.1. The van der Waals surface area contributed by atoms with Crippen LogP contribution in [-0.2, 0) is 11.3 Å². The fraction of sp³-hybridized carbons (Fsp3) is 0.571. The van der Waals surface area contributed by atoms with Crippen LogP contribution >= 0.6 is 15.9 Å². The lowest BCUT2D eigenvalue weighted by Crippen LogP contribution is -2.36. The van der Waals surface area contributed by atoms with E-state index in [1.54, 1.807) is 0 Å². The van der Waals surface area contributed by atoms with Crippen LogP contribution in [0.25, 0.3) is 0 Å². The quantitative estimate of drug-likeness (QED) is 0.918. The Morgan fingerprint density at radius 1 is 1.35 bits per heavy atom. The van der Waals surface area contributed by atoms with Crippen LogP contribution in [0.1, 0.15) is 31.2 Å². The molecule has 0 heterocycles. The molecule has 2 atom stereocenters. The minimum absolute atomic E-state index is 0.445. The summed E-state index contributed by atoms with van der Waals surface area (Å²) >= 11 is 3.58. The molecular weight excluding hydrogens is 278 g/mol. The van der Waals surface area contributed by atoms with Crippen molar-refractivity contribution in [3.8, 4) is 0 Å². The molecule has 2 nitrogen and oxygen atoms in total. The van der Waals surface area contributed by atoms with E-state index in [4.69, 9.17) is 4.74 Å². The number of halogens is 1. The summed E-state index contributed by atoms with van der Waals surface area (Å²) in [7, 11) is 1.82. The molecule has 2 rings (SSSR count). The van der Waals surface area contributed by atoms with E-state index in [9.17, 15) is 0 Å². The molecule has 1 aliphatic rings. The third-order valence-corrected chi connectivity index (χ3v) is 4.27. The van der Waals surface area contributed by atoms with Crippen LogP contribution in [0.5, 0.6) is 0 Å². The smallest absolute Gasteiger partial charge is 0.0586 e. The molecular formula is C14H20BrNO. The highest BCUT2D eigenvalue weighted by Gasteiger charge is 2.21. The van der Waals surface area contributed by atoms with Gasteiger partial charge in [0.2, 0.25) is 0 Å². The number of nitrogens with one attached hydrogen (secondary N) is 1. The first-order chi connectivity index (χ1) is 8.29. The van der Waals surface area contributed by atoms with Gasteiger partial charge in [0, 0.05) is 24.2 Å². The second-order valence-electron chi connectivity index (χ2n) is 4.69. The normalized spacial score (nSPS) is 24.8. The molecule has 1 aliphatic carbocycles. The maximum atomic E-state index is 5.45. The van der Waals surface area contributed by atoms with Gasteiger partial charge < -0.3 is 10.1 Å². The number of ether oxygens (including phenoxy) is 1. The Morgan fingerprint density at radius 2 is 2.18 bits per heavy atom. The third-order valence-electron chi connectivity index (χ3n) is 3.50. The highest BCUT2D eigenvalue weighted by molar-refractivity contribution is 9.10. The minimum Gasteiger partial charge on any atom is -0.381 e. The van der Waals surface area contributed by atoms with Gasteiger partial charge in [-0.3, -0.25) is 0 Å². The van der Waals surface area contributed by atoms with Crippen LogP contribution in [-0.4, -0.2) is 19.3 Å². The monoisotopic (exact) mass is 297 g/mol. The molecule has 0 amide bonds. The number of hydrogen-bond donors (Lipinski definition) is 1. The van der Waals surface area contributed by atoms with Gasteiger partial charge in [0.05, 0.1) is 6.10 Å². The molecule has 3 heteroatoms. The van der Waals surface area contributed by atoms with Crippen molar-refractivity contribution in [2.45, 2.75) is 44.4 Å². The van der Waals surface area contributed by atoms with E-state index in [1.807, 2.05) is 7.11 Å². The zero-order valence-corrected chi connectivity index (χ0v) is 11.9. The van der Waals surface area contributed by atoms with E-state index < -0.39 is 0 Å². The van der Waals surface area contributed by atoms with Crippen molar-refractivity contribution in [1.29, 1.82) is 0 Å². The van der Waals surface area contributed by atoms with Crippen LogP contribution in [0.15, 0.2) is 28.7 Å². The molecule has 0 saturated heterocycles. The maximum absolute atomic E-state index is 5.45. The molecule has 0 spiro atoms.